The van der Waals surface area contributed by atoms with Crippen molar-refractivity contribution < 1.29 is 9.53 Å². The molecule has 0 atom stereocenters. The fourth-order valence-electron chi connectivity index (χ4n) is 2.42. The first kappa shape index (κ1) is 22.2. The van der Waals surface area contributed by atoms with Crippen molar-refractivity contribution in [3.05, 3.63) is 70.4 Å². The van der Waals surface area contributed by atoms with Gasteiger partial charge in [0.05, 0.1) is 4.88 Å². The highest BCUT2D eigenvalue weighted by Crippen LogP contribution is 2.27. The van der Waals surface area contributed by atoms with Gasteiger partial charge in [-0.25, -0.2) is 0 Å². The molecule has 152 valence electrons. The number of thiophene rings is 1. The van der Waals surface area contributed by atoms with Crippen molar-refractivity contribution >= 4 is 29.1 Å². The largest absolute Gasteiger partial charge is 0.480 e. The van der Waals surface area contributed by atoms with Gasteiger partial charge in [0.2, 0.25) is 0 Å². The number of carbonyl (C=O) groups is 1. The lowest BCUT2D eigenvalue weighted by molar-refractivity contribution is -0.118. The zero-order valence-electron chi connectivity index (χ0n) is 17.2. The molecular weight excluding hydrogens is 382 g/mol. The van der Waals surface area contributed by atoms with Crippen LogP contribution in [0.4, 0.5) is 5.69 Å². The van der Waals surface area contributed by atoms with Crippen molar-refractivity contribution in [1.82, 2.24) is 0 Å². The van der Waals surface area contributed by atoms with Gasteiger partial charge in [-0.1, -0.05) is 29.8 Å². The van der Waals surface area contributed by atoms with Crippen LogP contribution in [0.2, 0.25) is 0 Å². The molecule has 0 spiro atoms. The molecule has 0 radical (unpaired) electrons. The van der Waals surface area contributed by atoms with Crippen LogP contribution in [0, 0.1) is 12.3 Å². The number of rotatable bonds is 6. The maximum atomic E-state index is 10.6. The molecule has 2 aromatic carbocycles. The fourth-order valence-corrected chi connectivity index (χ4v) is 3.20. The number of hydrogen-bond donors (Lipinski definition) is 3. The minimum absolute atomic E-state index is 0.126. The summed E-state index contributed by atoms with van der Waals surface area (Å²) >= 11 is 1.50. The molecule has 0 unspecified atom stereocenters. The van der Waals surface area contributed by atoms with Crippen molar-refractivity contribution in [2.24, 2.45) is 5.73 Å². The Morgan fingerprint density at radius 3 is 2.38 bits per heavy atom. The third kappa shape index (κ3) is 6.76. The van der Waals surface area contributed by atoms with Gasteiger partial charge in [-0.15, -0.1) is 11.3 Å². The predicted molar refractivity (Wildman–Crippen MR) is 122 cm³/mol. The average Bonchev–Trinajstić information content (AvgIpc) is 3.21. The number of carbonyl (C=O) groups excluding carboxylic acids is 1. The van der Waals surface area contributed by atoms with E-state index in [0.29, 0.717) is 0 Å². The third-order valence-corrected chi connectivity index (χ3v) is 5.00. The maximum absolute atomic E-state index is 10.6. The van der Waals surface area contributed by atoms with E-state index in [2.05, 4.69) is 11.4 Å². The summed E-state index contributed by atoms with van der Waals surface area (Å²) in [5.74, 6) is 0.851. The Labute approximate surface area is 176 Å². The molecule has 3 aromatic rings. The summed E-state index contributed by atoms with van der Waals surface area (Å²) in [6.07, 6.45) is 0.798. The third-order valence-electron chi connectivity index (χ3n) is 4.04. The summed E-state index contributed by atoms with van der Waals surface area (Å²) in [4.78, 5) is 11.4. The number of anilines is 1. The van der Waals surface area contributed by atoms with Crippen LogP contribution in [0.15, 0.2) is 60.0 Å². The van der Waals surface area contributed by atoms with Gasteiger partial charge in [0.15, 0.2) is 11.9 Å². The predicted octanol–water partition coefficient (Wildman–Crippen LogP) is 5.09. The number of nitrogens with two attached hydrogens (primary N) is 1. The molecule has 29 heavy (non-hydrogen) atoms. The van der Waals surface area contributed by atoms with Crippen molar-refractivity contribution in [2.45, 2.75) is 26.4 Å². The highest BCUT2D eigenvalue weighted by atomic mass is 32.1. The molecule has 0 aliphatic heterocycles. The van der Waals surface area contributed by atoms with Crippen LogP contribution in [-0.4, -0.2) is 24.8 Å². The molecule has 4 N–H and O–H groups in total. The van der Waals surface area contributed by atoms with E-state index in [4.69, 9.17) is 15.9 Å². The van der Waals surface area contributed by atoms with Gasteiger partial charge in [-0.2, -0.15) is 0 Å². The zero-order valence-corrected chi connectivity index (χ0v) is 18.0. The van der Waals surface area contributed by atoms with Crippen molar-refractivity contribution in [3.8, 4) is 16.9 Å². The topological polar surface area (TPSA) is 88.2 Å². The lowest BCUT2D eigenvalue weighted by atomic mass is 10.1. The zero-order chi connectivity index (χ0) is 21.4. The van der Waals surface area contributed by atoms with Crippen LogP contribution in [0.25, 0.3) is 11.1 Å². The molecule has 1 heterocycles. The Bertz CT molecular complexity index is 962. The van der Waals surface area contributed by atoms with E-state index < -0.39 is 5.60 Å². The first-order valence-corrected chi connectivity index (χ1v) is 10.0. The molecule has 5 nitrogen and oxygen atoms in total. The van der Waals surface area contributed by atoms with Gasteiger partial charge in [0, 0.05) is 12.7 Å². The Morgan fingerprint density at radius 1 is 1.14 bits per heavy atom. The molecule has 0 aliphatic carbocycles. The Balaban J connectivity index is 0.000000212. The lowest BCUT2D eigenvalue weighted by Gasteiger charge is -2.19. The van der Waals surface area contributed by atoms with E-state index in [1.54, 1.807) is 13.8 Å². The number of aryl methyl sites for hydroxylation is 1. The Morgan fingerprint density at radius 2 is 1.83 bits per heavy atom. The average molecular weight is 410 g/mol. The van der Waals surface area contributed by atoms with Gasteiger partial charge in [-0.05, 0) is 67.6 Å². The molecule has 3 rings (SSSR count). The van der Waals surface area contributed by atoms with Crippen LogP contribution in [0.1, 0.15) is 24.3 Å². The summed E-state index contributed by atoms with van der Waals surface area (Å²) in [5.41, 5.74) is 9.19. The summed E-state index contributed by atoms with van der Waals surface area (Å²) in [6.45, 7) is 5.48. The van der Waals surface area contributed by atoms with Crippen LogP contribution in [-0.2, 0) is 4.79 Å². The molecule has 0 aliphatic rings. The van der Waals surface area contributed by atoms with Gasteiger partial charge in [-0.3, -0.25) is 10.2 Å². The second-order valence-corrected chi connectivity index (χ2v) is 7.99. The summed E-state index contributed by atoms with van der Waals surface area (Å²) in [5, 5.41) is 12.5. The van der Waals surface area contributed by atoms with E-state index in [0.717, 1.165) is 33.7 Å². The van der Waals surface area contributed by atoms with E-state index in [1.807, 2.05) is 67.9 Å². The van der Waals surface area contributed by atoms with E-state index in [1.165, 1.54) is 16.9 Å². The molecule has 0 bridgehead atoms. The fraction of sp³-hybridized carbons (Fsp3) is 0.217. The van der Waals surface area contributed by atoms with Crippen molar-refractivity contribution in [3.63, 3.8) is 0 Å². The van der Waals surface area contributed by atoms with Crippen LogP contribution in [0.5, 0.6) is 5.75 Å². The van der Waals surface area contributed by atoms with Crippen LogP contribution >= 0.6 is 11.3 Å². The summed E-state index contributed by atoms with van der Waals surface area (Å²) < 4.78 is 5.44. The maximum Gasteiger partial charge on any atom is 0.162 e. The number of nitrogens with one attached hydrogen (secondary N) is 2. The number of ether oxygens (including phenoxy) is 1. The van der Waals surface area contributed by atoms with Gasteiger partial charge >= 0.3 is 0 Å². The normalized spacial score (nSPS) is 10.5. The molecule has 0 fully saturated rings. The lowest BCUT2D eigenvalue weighted by Crippen LogP contribution is -2.29. The SMILES string of the molecule is CNc1cccc(-c2csc(C(=N)N)c2)c1.Cc1ccc(OC(C)(C)C=O)cc1. The minimum Gasteiger partial charge on any atom is -0.480 e. The Kier molecular flexibility index (Phi) is 7.56. The van der Waals surface area contributed by atoms with Crippen molar-refractivity contribution in [2.75, 3.05) is 12.4 Å². The van der Waals surface area contributed by atoms with Crippen LogP contribution in [0.3, 0.4) is 0 Å². The number of benzene rings is 2. The summed E-state index contributed by atoms with van der Waals surface area (Å²) in [7, 11) is 1.90. The number of amidine groups is 1. The summed E-state index contributed by atoms with van der Waals surface area (Å²) in [6, 6.07) is 17.7. The monoisotopic (exact) mass is 409 g/mol. The first-order valence-electron chi connectivity index (χ1n) is 9.17. The Hall–Kier alpha value is -3.12. The van der Waals surface area contributed by atoms with Crippen molar-refractivity contribution in [1.29, 1.82) is 5.41 Å². The number of hydrogen-bond acceptors (Lipinski definition) is 5. The van der Waals surface area contributed by atoms with Crippen LogP contribution < -0.4 is 15.8 Å². The first-order chi connectivity index (χ1) is 13.7. The molecule has 0 saturated heterocycles. The number of nitrogen functional groups attached to an aromatic ring is 1. The second-order valence-electron chi connectivity index (χ2n) is 7.08. The van der Waals surface area contributed by atoms with Gasteiger partial charge < -0.3 is 15.8 Å². The van der Waals surface area contributed by atoms with Gasteiger partial charge in [0.25, 0.3) is 0 Å². The van der Waals surface area contributed by atoms with E-state index >= 15 is 0 Å². The van der Waals surface area contributed by atoms with Gasteiger partial charge in [0.1, 0.15) is 11.6 Å². The highest BCUT2D eigenvalue weighted by Gasteiger charge is 2.17. The molecule has 0 saturated carbocycles. The molecule has 0 amide bonds. The molecule has 1 aromatic heterocycles. The molecule has 6 heteroatoms. The smallest absolute Gasteiger partial charge is 0.162 e. The van der Waals surface area contributed by atoms with E-state index in [-0.39, 0.29) is 5.84 Å². The number of aldehydes is 1. The minimum atomic E-state index is -0.741. The second kappa shape index (κ2) is 9.89. The highest BCUT2D eigenvalue weighted by molar-refractivity contribution is 7.12. The standard InChI is InChI=1S/C12H13N3S.C11H14O2/c1-15-10-4-2-3-8(5-10)9-6-11(12(13)14)16-7-9;1-9-4-6-10(7-5-9)13-11(2,3)8-12/h2-7,15H,1H3,(H3,13,14);4-8H,1-3H3. The van der Waals surface area contributed by atoms with E-state index in [9.17, 15) is 4.79 Å². The quantitative estimate of drug-likeness (QED) is 0.300. The molecular formula is C23H27N3O2S.